The summed E-state index contributed by atoms with van der Waals surface area (Å²) in [5.74, 6) is 2.25. The average Bonchev–Trinajstić information content (AvgIpc) is 2.94. The van der Waals surface area contributed by atoms with Crippen molar-refractivity contribution in [3.63, 3.8) is 0 Å². The summed E-state index contributed by atoms with van der Waals surface area (Å²) < 4.78 is 2.19. The molecule has 0 N–H and O–H groups in total. The first-order valence-corrected chi connectivity index (χ1v) is 7.60. The summed E-state index contributed by atoms with van der Waals surface area (Å²) in [4.78, 5) is 27.1. The third-order valence-electron chi connectivity index (χ3n) is 4.26. The van der Waals surface area contributed by atoms with Gasteiger partial charge >= 0.3 is 0 Å². The molecule has 3 rings (SSSR count). The van der Waals surface area contributed by atoms with Crippen molar-refractivity contribution in [3.05, 3.63) is 41.5 Å². The second-order valence-electron chi connectivity index (χ2n) is 6.00. The monoisotopic (exact) mass is 299 g/mol. The fourth-order valence-corrected chi connectivity index (χ4v) is 3.04. The highest BCUT2D eigenvalue weighted by Gasteiger charge is 2.23. The minimum Gasteiger partial charge on any atom is -0.341 e. The van der Waals surface area contributed by atoms with Gasteiger partial charge in [0.15, 0.2) is 0 Å². The first-order valence-electron chi connectivity index (χ1n) is 7.60. The van der Waals surface area contributed by atoms with Crippen molar-refractivity contribution in [3.8, 4) is 0 Å². The molecule has 0 fully saturated rings. The third kappa shape index (κ3) is 2.86. The van der Waals surface area contributed by atoms with Crippen molar-refractivity contribution >= 4 is 5.91 Å². The van der Waals surface area contributed by atoms with Gasteiger partial charge in [-0.25, -0.2) is 15.0 Å². The molecule has 2 aromatic heterocycles. The zero-order chi connectivity index (χ0) is 15.7. The summed E-state index contributed by atoms with van der Waals surface area (Å²) in [5, 5.41) is 0. The molecule has 0 aromatic carbocycles. The van der Waals surface area contributed by atoms with Crippen molar-refractivity contribution in [1.82, 2.24) is 24.4 Å². The van der Waals surface area contributed by atoms with Crippen LogP contribution in [-0.4, -0.2) is 43.9 Å². The van der Waals surface area contributed by atoms with Gasteiger partial charge in [-0.05, 0) is 26.2 Å². The molecule has 0 saturated heterocycles. The predicted octanol–water partition coefficient (Wildman–Crippen LogP) is 1.62. The Morgan fingerprint density at radius 2 is 2.23 bits per heavy atom. The SMILES string of the molecule is Cc1ncc(C(=O)N(C)C[C@H]2CCn3ccnc3C2)c(C)n1. The zero-order valence-corrected chi connectivity index (χ0v) is 13.3. The lowest BCUT2D eigenvalue weighted by Crippen LogP contribution is -2.35. The van der Waals surface area contributed by atoms with Crippen LogP contribution in [0.2, 0.25) is 0 Å². The van der Waals surface area contributed by atoms with Crippen molar-refractivity contribution in [2.45, 2.75) is 33.2 Å². The van der Waals surface area contributed by atoms with Crippen LogP contribution in [0.25, 0.3) is 0 Å². The number of carbonyl (C=O) groups is 1. The largest absolute Gasteiger partial charge is 0.341 e. The van der Waals surface area contributed by atoms with Gasteiger partial charge < -0.3 is 9.47 Å². The van der Waals surface area contributed by atoms with E-state index in [-0.39, 0.29) is 5.91 Å². The summed E-state index contributed by atoms with van der Waals surface area (Å²) in [5.41, 5.74) is 1.33. The summed E-state index contributed by atoms with van der Waals surface area (Å²) in [7, 11) is 1.85. The van der Waals surface area contributed by atoms with Crippen LogP contribution in [0, 0.1) is 19.8 Å². The first-order chi connectivity index (χ1) is 10.5. The minimum absolute atomic E-state index is 0.00795. The van der Waals surface area contributed by atoms with Crippen LogP contribution in [0.15, 0.2) is 18.6 Å². The Morgan fingerprint density at radius 1 is 1.41 bits per heavy atom. The Kier molecular flexibility index (Phi) is 3.92. The van der Waals surface area contributed by atoms with Gasteiger partial charge in [-0.15, -0.1) is 0 Å². The summed E-state index contributed by atoms with van der Waals surface area (Å²) >= 11 is 0. The molecule has 6 heteroatoms. The van der Waals surface area contributed by atoms with E-state index in [1.807, 2.05) is 33.3 Å². The van der Waals surface area contributed by atoms with Gasteiger partial charge in [0, 0.05) is 45.1 Å². The second kappa shape index (κ2) is 5.87. The van der Waals surface area contributed by atoms with E-state index in [1.54, 1.807) is 11.1 Å². The zero-order valence-electron chi connectivity index (χ0n) is 13.3. The van der Waals surface area contributed by atoms with Crippen LogP contribution in [0.4, 0.5) is 0 Å². The summed E-state index contributed by atoms with van der Waals surface area (Å²) in [6.07, 6.45) is 7.50. The normalized spacial score (nSPS) is 17.1. The van der Waals surface area contributed by atoms with E-state index in [9.17, 15) is 4.79 Å². The van der Waals surface area contributed by atoms with E-state index < -0.39 is 0 Å². The van der Waals surface area contributed by atoms with Crippen LogP contribution in [-0.2, 0) is 13.0 Å². The lowest BCUT2D eigenvalue weighted by Gasteiger charge is -2.28. The van der Waals surface area contributed by atoms with Crippen LogP contribution in [0.3, 0.4) is 0 Å². The number of carbonyl (C=O) groups excluding carboxylic acids is 1. The Bertz CT molecular complexity index is 694. The van der Waals surface area contributed by atoms with Crippen molar-refractivity contribution < 1.29 is 4.79 Å². The van der Waals surface area contributed by atoms with Crippen molar-refractivity contribution in [1.29, 1.82) is 0 Å². The van der Waals surface area contributed by atoms with E-state index in [0.29, 0.717) is 17.3 Å². The van der Waals surface area contributed by atoms with Gasteiger partial charge in [0.05, 0.1) is 11.3 Å². The van der Waals surface area contributed by atoms with Gasteiger partial charge in [-0.1, -0.05) is 0 Å². The highest BCUT2D eigenvalue weighted by atomic mass is 16.2. The third-order valence-corrected chi connectivity index (χ3v) is 4.26. The Hall–Kier alpha value is -2.24. The van der Waals surface area contributed by atoms with E-state index in [4.69, 9.17) is 0 Å². The maximum absolute atomic E-state index is 12.6. The van der Waals surface area contributed by atoms with Crippen molar-refractivity contribution in [2.24, 2.45) is 5.92 Å². The predicted molar refractivity (Wildman–Crippen MR) is 82.5 cm³/mol. The summed E-state index contributed by atoms with van der Waals surface area (Å²) in [6, 6.07) is 0. The Labute approximate surface area is 130 Å². The molecule has 116 valence electrons. The van der Waals surface area contributed by atoms with Crippen molar-refractivity contribution in [2.75, 3.05) is 13.6 Å². The van der Waals surface area contributed by atoms with Gasteiger partial charge in [0.25, 0.3) is 5.91 Å². The molecule has 0 aliphatic carbocycles. The smallest absolute Gasteiger partial charge is 0.257 e. The van der Waals surface area contributed by atoms with Crippen LogP contribution < -0.4 is 0 Å². The Morgan fingerprint density at radius 3 is 3.00 bits per heavy atom. The van der Waals surface area contributed by atoms with E-state index >= 15 is 0 Å². The number of imidazole rings is 1. The lowest BCUT2D eigenvalue weighted by molar-refractivity contribution is 0.0762. The molecule has 0 bridgehead atoms. The molecule has 6 nitrogen and oxygen atoms in total. The molecular weight excluding hydrogens is 278 g/mol. The Balaban J connectivity index is 1.67. The first kappa shape index (κ1) is 14.7. The van der Waals surface area contributed by atoms with Gasteiger partial charge in [-0.3, -0.25) is 4.79 Å². The van der Waals surface area contributed by atoms with Gasteiger partial charge in [0.2, 0.25) is 0 Å². The number of fused-ring (bicyclic) bond motifs is 1. The molecule has 3 heterocycles. The highest BCUT2D eigenvalue weighted by molar-refractivity contribution is 5.94. The van der Waals surface area contributed by atoms with Crippen LogP contribution >= 0.6 is 0 Å². The van der Waals surface area contributed by atoms with Crippen LogP contribution in [0.5, 0.6) is 0 Å². The van der Waals surface area contributed by atoms with Gasteiger partial charge in [0.1, 0.15) is 11.6 Å². The number of aromatic nitrogens is 4. The molecule has 1 amide bonds. The highest BCUT2D eigenvalue weighted by Crippen LogP contribution is 2.20. The number of hydrogen-bond acceptors (Lipinski definition) is 4. The number of amides is 1. The molecule has 22 heavy (non-hydrogen) atoms. The molecular formula is C16H21N5O. The molecule has 0 saturated carbocycles. The number of nitrogens with zero attached hydrogens (tertiary/aromatic N) is 5. The maximum atomic E-state index is 12.6. The standard InChI is InChI=1S/C16H21N5O/c1-11-14(9-18-12(2)19-11)16(22)20(3)10-13-4-6-21-7-5-17-15(21)8-13/h5,7,9,13H,4,6,8,10H2,1-3H3/t13-/m0/s1. The van der Waals surface area contributed by atoms with E-state index in [1.165, 1.54) is 0 Å². The molecule has 1 aliphatic rings. The molecule has 0 radical (unpaired) electrons. The molecule has 1 aliphatic heterocycles. The number of rotatable bonds is 3. The van der Waals surface area contributed by atoms with E-state index in [0.717, 1.165) is 37.4 Å². The topological polar surface area (TPSA) is 63.9 Å². The molecule has 0 spiro atoms. The molecule has 2 aromatic rings. The fourth-order valence-electron chi connectivity index (χ4n) is 3.04. The molecule has 0 unspecified atom stereocenters. The quantitative estimate of drug-likeness (QED) is 0.864. The average molecular weight is 299 g/mol. The summed E-state index contributed by atoms with van der Waals surface area (Å²) in [6.45, 7) is 5.40. The number of aryl methyl sites for hydroxylation is 3. The molecule has 1 atom stereocenters. The number of hydrogen-bond donors (Lipinski definition) is 0. The van der Waals surface area contributed by atoms with Gasteiger partial charge in [-0.2, -0.15) is 0 Å². The van der Waals surface area contributed by atoms with Crippen LogP contribution in [0.1, 0.15) is 34.1 Å². The fraction of sp³-hybridized carbons (Fsp3) is 0.500. The second-order valence-corrected chi connectivity index (χ2v) is 6.00. The lowest BCUT2D eigenvalue weighted by atomic mass is 9.97. The van der Waals surface area contributed by atoms with E-state index in [2.05, 4.69) is 19.5 Å². The minimum atomic E-state index is -0.00795. The maximum Gasteiger partial charge on any atom is 0.257 e.